The molecule has 6 nitrogen and oxygen atoms in total. The largest absolute Gasteiger partial charge is 0.494 e. The number of methoxy groups -OCH3 is 2. The fourth-order valence-corrected chi connectivity index (χ4v) is 2.81. The van der Waals surface area contributed by atoms with Gasteiger partial charge in [0.05, 0.1) is 26.0 Å². The quantitative estimate of drug-likeness (QED) is 0.668. The van der Waals surface area contributed by atoms with Crippen molar-refractivity contribution in [2.75, 3.05) is 32.3 Å². The van der Waals surface area contributed by atoms with Gasteiger partial charge in [-0.25, -0.2) is 0 Å². The summed E-state index contributed by atoms with van der Waals surface area (Å²) in [5.74, 6) is 0.779. The normalized spacial score (nSPS) is 11.0. The van der Waals surface area contributed by atoms with E-state index in [4.69, 9.17) is 9.47 Å². The predicted octanol–water partition coefficient (Wildman–Crippen LogP) is 2.63. The van der Waals surface area contributed by atoms with Crippen molar-refractivity contribution in [1.82, 2.24) is 14.8 Å². The van der Waals surface area contributed by atoms with Gasteiger partial charge in [-0.1, -0.05) is 12.1 Å². The van der Waals surface area contributed by atoms with Gasteiger partial charge in [0, 0.05) is 44.2 Å². The summed E-state index contributed by atoms with van der Waals surface area (Å²) < 4.78 is 12.6. The number of para-hydroxylation sites is 1. The van der Waals surface area contributed by atoms with E-state index in [2.05, 4.69) is 21.0 Å². The number of nitrogens with zero attached hydrogens (tertiary/aromatic N) is 4. The van der Waals surface area contributed by atoms with Crippen LogP contribution in [-0.4, -0.2) is 42.1 Å². The highest BCUT2D eigenvalue weighted by Crippen LogP contribution is 2.31. The van der Waals surface area contributed by atoms with E-state index in [0.29, 0.717) is 6.61 Å². The van der Waals surface area contributed by atoms with Gasteiger partial charge < -0.3 is 14.4 Å². The van der Waals surface area contributed by atoms with Crippen molar-refractivity contribution in [1.29, 1.82) is 0 Å². The minimum Gasteiger partial charge on any atom is -0.494 e. The molecule has 1 aromatic carbocycles. The molecule has 0 fully saturated rings. The van der Waals surface area contributed by atoms with E-state index in [1.165, 1.54) is 0 Å². The first-order valence-electron chi connectivity index (χ1n) is 7.87. The van der Waals surface area contributed by atoms with Crippen molar-refractivity contribution in [2.45, 2.75) is 6.54 Å². The Morgan fingerprint density at radius 1 is 1.12 bits per heavy atom. The van der Waals surface area contributed by atoms with Crippen LogP contribution in [-0.2, 0) is 18.3 Å². The number of ether oxygens (including phenoxy) is 2. The van der Waals surface area contributed by atoms with Gasteiger partial charge in [0.25, 0.3) is 0 Å². The van der Waals surface area contributed by atoms with E-state index >= 15 is 0 Å². The zero-order valence-corrected chi connectivity index (χ0v) is 14.3. The Morgan fingerprint density at radius 2 is 2.00 bits per heavy atom. The first kappa shape index (κ1) is 16.3. The first-order valence-corrected chi connectivity index (χ1v) is 7.87. The first-order chi connectivity index (χ1) is 11.7. The van der Waals surface area contributed by atoms with Gasteiger partial charge in [-0.15, -0.1) is 0 Å². The third kappa shape index (κ3) is 3.19. The molecule has 3 rings (SSSR count). The lowest BCUT2D eigenvalue weighted by Gasteiger charge is -2.26. The molecular weight excluding hydrogens is 304 g/mol. The molecule has 0 aliphatic carbocycles. The fourth-order valence-electron chi connectivity index (χ4n) is 2.81. The summed E-state index contributed by atoms with van der Waals surface area (Å²) >= 11 is 0. The van der Waals surface area contributed by atoms with Crippen LogP contribution in [0.15, 0.2) is 42.7 Å². The molecule has 0 saturated heterocycles. The van der Waals surface area contributed by atoms with Crippen LogP contribution >= 0.6 is 0 Å². The molecule has 2 aromatic heterocycles. The number of fused-ring (bicyclic) bond motifs is 1. The van der Waals surface area contributed by atoms with Gasteiger partial charge in [0.2, 0.25) is 0 Å². The Hall–Kier alpha value is -2.60. The standard InChI is InChI=1S/C18H22N4O2/c1-21-14(7-10-20-21)13-22(11-12-23-2)16-8-9-19-18-15(16)5-4-6-17(18)24-3/h4-10H,11-13H2,1-3H3. The zero-order valence-electron chi connectivity index (χ0n) is 14.3. The van der Waals surface area contributed by atoms with Gasteiger partial charge in [-0.3, -0.25) is 9.67 Å². The molecule has 0 aliphatic heterocycles. The summed E-state index contributed by atoms with van der Waals surface area (Å²) in [6.07, 6.45) is 3.64. The summed E-state index contributed by atoms with van der Waals surface area (Å²) in [5.41, 5.74) is 3.11. The predicted molar refractivity (Wildman–Crippen MR) is 94.4 cm³/mol. The second kappa shape index (κ2) is 7.31. The Balaban J connectivity index is 2.03. The fraction of sp³-hybridized carbons (Fsp3) is 0.333. The van der Waals surface area contributed by atoms with Crippen molar-refractivity contribution >= 4 is 16.6 Å². The van der Waals surface area contributed by atoms with E-state index in [1.807, 2.05) is 48.4 Å². The van der Waals surface area contributed by atoms with Crippen LogP contribution < -0.4 is 9.64 Å². The number of aromatic nitrogens is 3. The number of rotatable bonds is 7. The van der Waals surface area contributed by atoms with Crippen molar-refractivity contribution < 1.29 is 9.47 Å². The number of aryl methyl sites for hydroxylation is 1. The lowest BCUT2D eigenvalue weighted by atomic mass is 10.1. The van der Waals surface area contributed by atoms with E-state index in [1.54, 1.807) is 14.2 Å². The SMILES string of the molecule is COCCN(Cc1ccnn1C)c1ccnc2c(OC)cccc12. The van der Waals surface area contributed by atoms with Crippen LogP contribution in [0.2, 0.25) is 0 Å². The van der Waals surface area contributed by atoms with Crippen LogP contribution in [0.3, 0.4) is 0 Å². The zero-order chi connectivity index (χ0) is 16.9. The Kier molecular flexibility index (Phi) is 4.96. The minimum absolute atomic E-state index is 0.644. The van der Waals surface area contributed by atoms with Gasteiger partial charge in [-0.2, -0.15) is 5.10 Å². The third-order valence-electron chi connectivity index (χ3n) is 4.11. The van der Waals surface area contributed by atoms with Crippen molar-refractivity contribution in [3.05, 3.63) is 48.4 Å². The lowest BCUT2D eigenvalue weighted by Crippen LogP contribution is -2.28. The van der Waals surface area contributed by atoms with Gasteiger partial charge in [0.15, 0.2) is 0 Å². The topological polar surface area (TPSA) is 52.4 Å². The molecule has 126 valence electrons. The molecular formula is C18H22N4O2. The van der Waals surface area contributed by atoms with E-state index in [0.717, 1.165) is 41.1 Å². The third-order valence-corrected chi connectivity index (χ3v) is 4.11. The smallest absolute Gasteiger partial charge is 0.145 e. The number of pyridine rings is 1. The average Bonchev–Trinajstić information content (AvgIpc) is 3.02. The highest BCUT2D eigenvalue weighted by molar-refractivity contribution is 5.95. The summed E-state index contributed by atoms with van der Waals surface area (Å²) in [6, 6.07) is 10.1. The van der Waals surface area contributed by atoms with Crippen molar-refractivity contribution in [3.8, 4) is 5.75 Å². The van der Waals surface area contributed by atoms with E-state index in [9.17, 15) is 0 Å². The summed E-state index contributed by atoms with van der Waals surface area (Å²) in [7, 11) is 5.34. The lowest BCUT2D eigenvalue weighted by molar-refractivity contribution is 0.205. The Morgan fingerprint density at radius 3 is 2.71 bits per heavy atom. The summed E-state index contributed by atoms with van der Waals surface area (Å²) in [6.45, 7) is 2.17. The molecule has 0 aliphatic rings. The molecule has 24 heavy (non-hydrogen) atoms. The highest BCUT2D eigenvalue weighted by atomic mass is 16.5. The Labute approximate surface area is 141 Å². The van der Waals surface area contributed by atoms with Gasteiger partial charge >= 0.3 is 0 Å². The van der Waals surface area contributed by atoms with Crippen molar-refractivity contribution in [2.24, 2.45) is 7.05 Å². The van der Waals surface area contributed by atoms with Gasteiger partial charge in [0.1, 0.15) is 11.3 Å². The number of hydrogen-bond donors (Lipinski definition) is 0. The molecule has 0 spiro atoms. The monoisotopic (exact) mass is 326 g/mol. The summed E-state index contributed by atoms with van der Waals surface area (Å²) in [4.78, 5) is 6.77. The van der Waals surface area contributed by atoms with E-state index < -0.39 is 0 Å². The molecule has 0 bridgehead atoms. The van der Waals surface area contributed by atoms with Crippen LogP contribution in [0, 0.1) is 0 Å². The molecule has 0 unspecified atom stereocenters. The molecule has 2 heterocycles. The van der Waals surface area contributed by atoms with Crippen LogP contribution in [0.1, 0.15) is 5.69 Å². The molecule has 0 amide bonds. The van der Waals surface area contributed by atoms with Gasteiger partial charge in [-0.05, 0) is 18.2 Å². The highest BCUT2D eigenvalue weighted by Gasteiger charge is 2.14. The second-order valence-corrected chi connectivity index (χ2v) is 5.55. The number of anilines is 1. The van der Waals surface area contributed by atoms with Crippen LogP contribution in [0.5, 0.6) is 5.75 Å². The molecule has 0 N–H and O–H groups in total. The second-order valence-electron chi connectivity index (χ2n) is 5.55. The van der Waals surface area contributed by atoms with E-state index in [-0.39, 0.29) is 0 Å². The summed E-state index contributed by atoms with van der Waals surface area (Å²) in [5, 5.41) is 5.32. The maximum absolute atomic E-state index is 5.45. The van der Waals surface area contributed by atoms with Crippen LogP contribution in [0.4, 0.5) is 5.69 Å². The van der Waals surface area contributed by atoms with Crippen molar-refractivity contribution in [3.63, 3.8) is 0 Å². The molecule has 0 saturated carbocycles. The Bertz CT molecular complexity index is 816. The molecule has 0 radical (unpaired) electrons. The number of hydrogen-bond acceptors (Lipinski definition) is 5. The maximum atomic E-state index is 5.45. The number of benzene rings is 1. The average molecular weight is 326 g/mol. The molecule has 6 heteroatoms. The van der Waals surface area contributed by atoms with Crippen LogP contribution in [0.25, 0.3) is 10.9 Å². The minimum atomic E-state index is 0.644. The maximum Gasteiger partial charge on any atom is 0.145 e. The molecule has 0 atom stereocenters. The molecule has 3 aromatic rings.